The maximum atomic E-state index is 11.7. The van der Waals surface area contributed by atoms with E-state index in [1.165, 1.54) is 7.11 Å². The van der Waals surface area contributed by atoms with Gasteiger partial charge in [0.1, 0.15) is 0 Å². The first kappa shape index (κ1) is 13.4. The van der Waals surface area contributed by atoms with Crippen molar-refractivity contribution in [3.8, 4) is 0 Å². The van der Waals surface area contributed by atoms with Crippen molar-refractivity contribution in [2.45, 2.75) is 26.2 Å². The SMILES string of the molecule is CCCCC(=O)c1ccc(C(=O)NOC)cc1. The maximum absolute atomic E-state index is 11.7. The lowest BCUT2D eigenvalue weighted by molar-refractivity contribution is 0.0537. The molecule has 0 aromatic heterocycles. The molecule has 0 aliphatic carbocycles. The van der Waals surface area contributed by atoms with Crippen LogP contribution in [0.25, 0.3) is 0 Å². The van der Waals surface area contributed by atoms with Gasteiger partial charge in [-0.1, -0.05) is 25.5 Å². The van der Waals surface area contributed by atoms with Crippen LogP contribution in [-0.4, -0.2) is 18.8 Å². The number of hydroxylamine groups is 1. The Hall–Kier alpha value is -1.68. The van der Waals surface area contributed by atoms with Crippen LogP contribution in [0, 0.1) is 0 Å². The number of hydrogen-bond acceptors (Lipinski definition) is 3. The smallest absolute Gasteiger partial charge is 0.274 e. The van der Waals surface area contributed by atoms with Gasteiger partial charge in [0.05, 0.1) is 7.11 Å². The van der Waals surface area contributed by atoms with Gasteiger partial charge in [-0.05, 0) is 18.6 Å². The summed E-state index contributed by atoms with van der Waals surface area (Å²) in [6.07, 6.45) is 2.45. The van der Waals surface area contributed by atoms with E-state index >= 15 is 0 Å². The highest BCUT2D eigenvalue weighted by molar-refractivity contribution is 5.98. The third-order valence-corrected chi connectivity index (χ3v) is 2.42. The minimum Gasteiger partial charge on any atom is -0.294 e. The van der Waals surface area contributed by atoms with Crippen molar-refractivity contribution in [1.29, 1.82) is 0 Å². The van der Waals surface area contributed by atoms with Crippen molar-refractivity contribution in [2.24, 2.45) is 0 Å². The Morgan fingerprint density at radius 3 is 2.29 bits per heavy atom. The third-order valence-electron chi connectivity index (χ3n) is 2.42. The van der Waals surface area contributed by atoms with Gasteiger partial charge in [0.2, 0.25) is 0 Å². The number of benzene rings is 1. The van der Waals surface area contributed by atoms with E-state index in [-0.39, 0.29) is 11.7 Å². The van der Waals surface area contributed by atoms with Crippen LogP contribution in [0.4, 0.5) is 0 Å². The molecule has 1 aromatic carbocycles. The van der Waals surface area contributed by atoms with Crippen molar-refractivity contribution < 1.29 is 14.4 Å². The topological polar surface area (TPSA) is 55.4 Å². The molecule has 92 valence electrons. The first-order valence-electron chi connectivity index (χ1n) is 5.65. The summed E-state index contributed by atoms with van der Waals surface area (Å²) < 4.78 is 0. The lowest BCUT2D eigenvalue weighted by atomic mass is 10.0. The molecule has 0 spiro atoms. The number of amides is 1. The van der Waals surface area contributed by atoms with Gasteiger partial charge in [0.15, 0.2) is 5.78 Å². The molecule has 1 rings (SSSR count). The molecule has 4 heteroatoms. The number of ketones is 1. The van der Waals surface area contributed by atoms with Crippen molar-refractivity contribution in [2.75, 3.05) is 7.11 Å². The summed E-state index contributed by atoms with van der Waals surface area (Å²) in [5.41, 5.74) is 3.34. The minimum absolute atomic E-state index is 0.116. The molecule has 0 radical (unpaired) electrons. The van der Waals surface area contributed by atoms with Gasteiger partial charge in [-0.3, -0.25) is 14.4 Å². The quantitative estimate of drug-likeness (QED) is 0.608. The molecule has 0 aliphatic heterocycles. The molecule has 1 N–H and O–H groups in total. The second-order valence-electron chi connectivity index (χ2n) is 3.74. The van der Waals surface area contributed by atoms with Crippen LogP contribution in [0.1, 0.15) is 46.9 Å². The van der Waals surface area contributed by atoms with Crippen LogP contribution in [0.15, 0.2) is 24.3 Å². The van der Waals surface area contributed by atoms with E-state index in [2.05, 4.69) is 10.3 Å². The zero-order valence-electron chi connectivity index (χ0n) is 10.2. The van der Waals surface area contributed by atoms with Crippen LogP contribution in [0.5, 0.6) is 0 Å². The molecule has 0 fully saturated rings. The number of carbonyl (C=O) groups excluding carboxylic acids is 2. The fourth-order valence-electron chi connectivity index (χ4n) is 1.44. The average molecular weight is 235 g/mol. The number of hydrogen-bond donors (Lipinski definition) is 1. The number of unbranched alkanes of at least 4 members (excludes halogenated alkanes) is 1. The zero-order chi connectivity index (χ0) is 12.7. The summed E-state index contributed by atoms with van der Waals surface area (Å²) in [5, 5.41) is 0. The molecule has 0 atom stereocenters. The van der Waals surface area contributed by atoms with Crippen LogP contribution < -0.4 is 5.48 Å². The second-order valence-corrected chi connectivity index (χ2v) is 3.74. The fourth-order valence-corrected chi connectivity index (χ4v) is 1.44. The van der Waals surface area contributed by atoms with E-state index in [0.29, 0.717) is 17.5 Å². The van der Waals surface area contributed by atoms with Gasteiger partial charge in [-0.25, -0.2) is 5.48 Å². The highest BCUT2D eigenvalue weighted by atomic mass is 16.6. The predicted octanol–water partition coefficient (Wildman–Crippen LogP) is 2.35. The van der Waals surface area contributed by atoms with Crippen molar-refractivity contribution in [1.82, 2.24) is 5.48 Å². The average Bonchev–Trinajstić information content (AvgIpc) is 2.36. The predicted molar refractivity (Wildman–Crippen MR) is 64.8 cm³/mol. The lowest BCUT2D eigenvalue weighted by Gasteiger charge is -2.03. The third kappa shape index (κ3) is 4.00. The van der Waals surface area contributed by atoms with Gasteiger partial charge >= 0.3 is 0 Å². The standard InChI is InChI=1S/C13H17NO3/c1-3-4-5-12(15)10-6-8-11(9-7-10)13(16)14-17-2/h6-9H,3-5H2,1-2H3,(H,14,16). The largest absolute Gasteiger partial charge is 0.294 e. The van der Waals surface area contributed by atoms with Crippen LogP contribution in [0.3, 0.4) is 0 Å². The van der Waals surface area contributed by atoms with E-state index < -0.39 is 0 Å². The Kier molecular flexibility index (Phi) is 5.36. The van der Waals surface area contributed by atoms with Gasteiger partial charge in [0.25, 0.3) is 5.91 Å². The summed E-state index contributed by atoms with van der Waals surface area (Å²) in [6.45, 7) is 2.05. The van der Waals surface area contributed by atoms with Gasteiger partial charge in [-0.15, -0.1) is 0 Å². The maximum Gasteiger partial charge on any atom is 0.274 e. The zero-order valence-corrected chi connectivity index (χ0v) is 10.2. The van der Waals surface area contributed by atoms with Gasteiger partial charge in [0, 0.05) is 17.5 Å². The van der Waals surface area contributed by atoms with E-state index in [1.54, 1.807) is 24.3 Å². The monoisotopic (exact) mass is 235 g/mol. The molecule has 17 heavy (non-hydrogen) atoms. The van der Waals surface area contributed by atoms with E-state index in [9.17, 15) is 9.59 Å². The Balaban J connectivity index is 2.67. The van der Waals surface area contributed by atoms with E-state index in [4.69, 9.17) is 0 Å². The lowest BCUT2D eigenvalue weighted by Crippen LogP contribution is -2.21. The molecule has 0 unspecified atom stereocenters. The summed E-state index contributed by atoms with van der Waals surface area (Å²) in [5.74, 6) is -0.203. The van der Waals surface area contributed by atoms with Crippen LogP contribution >= 0.6 is 0 Å². The second kappa shape index (κ2) is 6.81. The summed E-state index contributed by atoms with van der Waals surface area (Å²) >= 11 is 0. The molecule has 0 aliphatic rings. The molecule has 4 nitrogen and oxygen atoms in total. The molecule has 0 bridgehead atoms. The Bertz CT molecular complexity index is 384. The molecular formula is C13H17NO3. The van der Waals surface area contributed by atoms with Crippen molar-refractivity contribution >= 4 is 11.7 Å². The summed E-state index contributed by atoms with van der Waals surface area (Å²) in [7, 11) is 1.38. The molecule has 1 aromatic rings. The Morgan fingerprint density at radius 1 is 1.18 bits per heavy atom. The number of nitrogens with one attached hydrogen (secondary N) is 1. The molecule has 0 heterocycles. The summed E-state index contributed by atoms with van der Waals surface area (Å²) in [6, 6.07) is 6.58. The first-order valence-corrected chi connectivity index (χ1v) is 5.65. The van der Waals surface area contributed by atoms with Crippen molar-refractivity contribution in [3.63, 3.8) is 0 Å². The van der Waals surface area contributed by atoms with Gasteiger partial charge < -0.3 is 0 Å². The fraction of sp³-hybridized carbons (Fsp3) is 0.385. The van der Waals surface area contributed by atoms with Crippen LogP contribution in [-0.2, 0) is 4.84 Å². The number of carbonyl (C=O) groups is 2. The molecular weight excluding hydrogens is 218 g/mol. The van der Waals surface area contributed by atoms with E-state index in [0.717, 1.165) is 12.8 Å². The van der Waals surface area contributed by atoms with Crippen molar-refractivity contribution in [3.05, 3.63) is 35.4 Å². The first-order chi connectivity index (χ1) is 8.19. The normalized spacial score (nSPS) is 10.0. The van der Waals surface area contributed by atoms with Crippen LogP contribution in [0.2, 0.25) is 0 Å². The Morgan fingerprint density at radius 2 is 1.76 bits per heavy atom. The van der Waals surface area contributed by atoms with E-state index in [1.807, 2.05) is 6.92 Å². The molecule has 1 amide bonds. The van der Waals surface area contributed by atoms with Gasteiger partial charge in [-0.2, -0.15) is 0 Å². The molecule has 0 saturated heterocycles. The highest BCUT2D eigenvalue weighted by Gasteiger charge is 2.08. The highest BCUT2D eigenvalue weighted by Crippen LogP contribution is 2.09. The Labute approximate surface area is 101 Å². The number of rotatable bonds is 6. The minimum atomic E-state index is -0.319. The summed E-state index contributed by atoms with van der Waals surface area (Å²) in [4.78, 5) is 27.6. The molecule has 0 saturated carbocycles. The number of Topliss-reactive ketones (excluding diaryl/α,β-unsaturated/α-hetero) is 1.